The maximum Gasteiger partial charge on any atom is 0.320 e. The first kappa shape index (κ1) is 14.9. The monoisotopic (exact) mass is 269 g/mol. The van der Waals surface area contributed by atoms with Gasteiger partial charge in [-0.05, 0) is 36.8 Å². The minimum atomic E-state index is -0.934. The van der Waals surface area contributed by atoms with E-state index in [4.69, 9.17) is 15.6 Å². The van der Waals surface area contributed by atoms with Gasteiger partial charge in [0.1, 0.15) is 11.8 Å². The zero-order valence-corrected chi connectivity index (χ0v) is 11.3. The summed E-state index contributed by atoms with van der Waals surface area (Å²) in [6, 6.07) is 7.19. The van der Waals surface area contributed by atoms with Crippen molar-refractivity contribution in [1.82, 2.24) is 0 Å². The lowest BCUT2D eigenvalue weighted by molar-refractivity contribution is -0.138. The van der Waals surface area contributed by atoms with Gasteiger partial charge in [0.15, 0.2) is 0 Å². The quantitative estimate of drug-likeness (QED) is 0.707. The molecule has 0 aliphatic carbocycles. The van der Waals surface area contributed by atoms with Crippen molar-refractivity contribution in [2.75, 3.05) is 12.4 Å². The van der Waals surface area contributed by atoms with E-state index in [1.54, 1.807) is 11.8 Å². The molecule has 0 saturated carbocycles. The number of ether oxygens (including phenoxy) is 1. The number of benzene rings is 1. The van der Waals surface area contributed by atoms with Crippen LogP contribution in [0.15, 0.2) is 24.3 Å². The second kappa shape index (κ2) is 8.00. The van der Waals surface area contributed by atoms with Crippen LogP contribution >= 0.6 is 11.8 Å². The molecule has 100 valence electrons. The fourth-order valence-electron chi connectivity index (χ4n) is 1.37. The van der Waals surface area contributed by atoms with Crippen molar-refractivity contribution >= 4 is 17.7 Å². The van der Waals surface area contributed by atoms with Crippen molar-refractivity contribution in [3.63, 3.8) is 0 Å². The average molecular weight is 269 g/mol. The summed E-state index contributed by atoms with van der Waals surface area (Å²) in [5.74, 6) is 1.55. The molecule has 1 unspecified atom stereocenters. The molecule has 1 rings (SSSR count). The van der Waals surface area contributed by atoms with Gasteiger partial charge in [-0.1, -0.05) is 12.1 Å². The number of carboxylic acids is 1. The predicted molar refractivity (Wildman–Crippen MR) is 74.0 cm³/mol. The highest BCUT2D eigenvalue weighted by Gasteiger charge is 2.10. The van der Waals surface area contributed by atoms with Crippen LogP contribution in [0.3, 0.4) is 0 Å². The zero-order valence-electron chi connectivity index (χ0n) is 10.5. The Balaban J connectivity index is 2.25. The Labute approximate surface area is 112 Å². The first-order valence-electron chi connectivity index (χ1n) is 5.91. The molecule has 3 N–H and O–H groups in total. The third-order valence-electron chi connectivity index (χ3n) is 2.39. The summed E-state index contributed by atoms with van der Waals surface area (Å²) in [7, 11) is 0. The molecule has 18 heavy (non-hydrogen) atoms. The van der Waals surface area contributed by atoms with Crippen molar-refractivity contribution in [2.24, 2.45) is 5.73 Å². The van der Waals surface area contributed by atoms with Gasteiger partial charge in [0, 0.05) is 5.75 Å². The van der Waals surface area contributed by atoms with E-state index >= 15 is 0 Å². The maximum atomic E-state index is 10.5. The Kier molecular flexibility index (Phi) is 6.60. The number of hydrogen-bond acceptors (Lipinski definition) is 4. The largest absolute Gasteiger partial charge is 0.494 e. The summed E-state index contributed by atoms with van der Waals surface area (Å²) in [6.07, 6.45) is 0.497. The number of nitrogens with two attached hydrogens (primary N) is 1. The topological polar surface area (TPSA) is 72.5 Å². The first-order valence-corrected chi connectivity index (χ1v) is 7.06. The number of thioether (sulfide) groups is 1. The van der Waals surface area contributed by atoms with E-state index in [-0.39, 0.29) is 0 Å². The highest BCUT2D eigenvalue weighted by atomic mass is 32.2. The Bertz CT molecular complexity index is 367. The highest BCUT2D eigenvalue weighted by molar-refractivity contribution is 7.98. The molecule has 5 heteroatoms. The van der Waals surface area contributed by atoms with E-state index < -0.39 is 12.0 Å². The Hall–Kier alpha value is -1.20. The third kappa shape index (κ3) is 5.42. The van der Waals surface area contributed by atoms with Gasteiger partial charge in [0.2, 0.25) is 0 Å². The van der Waals surface area contributed by atoms with Crippen LogP contribution in [0.4, 0.5) is 0 Å². The molecule has 0 bridgehead atoms. The number of hydrogen-bond donors (Lipinski definition) is 2. The second-order valence-corrected chi connectivity index (χ2v) is 4.97. The number of aliphatic carboxylic acids is 1. The summed E-state index contributed by atoms with van der Waals surface area (Å²) >= 11 is 1.69. The normalized spacial score (nSPS) is 12.1. The Morgan fingerprint density at radius 1 is 1.44 bits per heavy atom. The molecule has 0 aromatic heterocycles. The lowest BCUT2D eigenvalue weighted by atomic mass is 10.2. The van der Waals surface area contributed by atoms with E-state index in [0.717, 1.165) is 17.3 Å². The lowest BCUT2D eigenvalue weighted by Crippen LogP contribution is -2.30. The van der Waals surface area contributed by atoms with Crippen molar-refractivity contribution in [2.45, 2.75) is 25.1 Å². The van der Waals surface area contributed by atoms with Gasteiger partial charge in [0.25, 0.3) is 0 Å². The molecule has 1 aromatic rings. The highest BCUT2D eigenvalue weighted by Crippen LogP contribution is 2.17. The standard InChI is InChI=1S/C13H19NO3S/c1-2-17-11-5-3-10(4-6-11)9-18-8-7-12(14)13(15)16/h3-6,12H,2,7-9,14H2,1H3,(H,15,16). The first-order chi connectivity index (χ1) is 8.63. The summed E-state index contributed by atoms with van der Waals surface area (Å²) in [5.41, 5.74) is 6.62. The third-order valence-corrected chi connectivity index (χ3v) is 3.46. The van der Waals surface area contributed by atoms with E-state index in [9.17, 15) is 4.79 Å². The van der Waals surface area contributed by atoms with Gasteiger partial charge in [-0.2, -0.15) is 11.8 Å². The molecular formula is C13H19NO3S. The van der Waals surface area contributed by atoms with Crippen LogP contribution in [0.2, 0.25) is 0 Å². The van der Waals surface area contributed by atoms with Gasteiger partial charge in [-0.3, -0.25) is 4.79 Å². The van der Waals surface area contributed by atoms with Gasteiger partial charge >= 0.3 is 5.97 Å². The van der Waals surface area contributed by atoms with E-state index in [0.29, 0.717) is 13.0 Å². The number of carbonyl (C=O) groups is 1. The maximum absolute atomic E-state index is 10.5. The predicted octanol–water partition coefficient (Wildman–Crippen LogP) is 2.12. The van der Waals surface area contributed by atoms with Crippen molar-refractivity contribution in [3.05, 3.63) is 29.8 Å². The molecule has 0 aliphatic heterocycles. The molecule has 0 fully saturated rings. The zero-order chi connectivity index (χ0) is 13.4. The van der Waals surface area contributed by atoms with Gasteiger partial charge < -0.3 is 15.6 Å². The number of carboxylic acid groups (broad SMARTS) is 1. The summed E-state index contributed by atoms with van der Waals surface area (Å²) in [6.45, 7) is 2.62. The molecular weight excluding hydrogens is 250 g/mol. The SMILES string of the molecule is CCOc1ccc(CSCCC(N)C(=O)O)cc1. The van der Waals surface area contributed by atoms with Crippen LogP contribution < -0.4 is 10.5 Å². The second-order valence-electron chi connectivity index (χ2n) is 3.86. The smallest absolute Gasteiger partial charge is 0.320 e. The molecule has 0 spiro atoms. The molecule has 1 aromatic carbocycles. The fraction of sp³-hybridized carbons (Fsp3) is 0.462. The van der Waals surface area contributed by atoms with Gasteiger partial charge in [-0.25, -0.2) is 0 Å². The van der Waals surface area contributed by atoms with Crippen LogP contribution in [0.5, 0.6) is 5.75 Å². The van der Waals surface area contributed by atoms with Crippen molar-refractivity contribution in [3.8, 4) is 5.75 Å². The van der Waals surface area contributed by atoms with Crippen LogP contribution in [-0.4, -0.2) is 29.5 Å². The van der Waals surface area contributed by atoms with Crippen LogP contribution in [0.25, 0.3) is 0 Å². The fourth-order valence-corrected chi connectivity index (χ4v) is 2.37. The van der Waals surface area contributed by atoms with Crippen LogP contribution in [-0.2, 0) is 10.5 Å². The summed E-state index contributed by atoms with van der Waals surface area (Å²) in [5, 5.41) is 8.63. The molecule has 0 aliphatic rings. The van der Waals surface area contributed by atoms with Crippen LogP contribution in [0.1, 0.15) is 18.9 Å². The van der Waals surface area contributed by atoms with E-state index in [1.807, 2.05) is 31.2 Å². The molecule has 0 saturated heterocycles. The molecule has 0 amide bonds. The molecule has 1 atom stereocenters. The van der Waals surface area contributed by atoms with Crippen molar-refractivity contribution < 1.29 is 14.6 Å². The molecule has 0 heterocycles. The van der Waals surface area contributed by atoms with Crippen molar-refractivity contribution in [1.29, 1.82) is 0 Å². The summed E-state index contributed by atoms with van der Waals surface area (Å²) in [4.78, 5) is 10.5. The average Bonchev–Trinajstić information content (AvgIpc) is 2.36. The van der Waals surface area contributed by atoms with E-state index in [1.165, 1.54) is 5.56 Å². The van der Waals surface area contributed by atoms with E-state index in [2.05, 4.69) is 0 Å². The summed E-state index contributed by atoms with van der Waals surface area (Å²) < 4.78 is 5.36. The molecule has 0 radical (unpaired) electrons. The Morgan fingerprint density at radius 3 is 2.67 bits per heavy atom. The molecule has 4 nitrogen and oxygen atoms in total. The Morgan fingerprint density at radius 2 is 2.11 bits per heavy atom. The van der Waals surface area contributed by atoms with Gasteiger partial charge in [-0.15, -0.1) is 0 Å². The minimum Gasteiger partial charge on any atom is -0.494 e. The number of rotatable bonds is 8. The van der Waals surface area contributed by atoms with Gasteiger partial charge in [0.05, 0.1) is 6.61 Å². The lowest BCUT2D eigenvalue weighted by Gasteiger charge is -2.07. The van der Waals surface area contributed by atoms with Crippen LogP contribution in [0, 0.1) is 0 Å². The minimum absolute atomic E-state index is 0.497.